The van der Waals surface area contributed by atoms with Gasteiger partial charge in [-0.25, -0.2) is 0 Å². The minimum atomic E-state index is 0.781. The Morgan fingerprint density at radius 1 is 0.284 bits per heavy atom. The molecule has 13 rings (SSSR count). The minimum absolute atomic E-state index is 0.781. The van der Waals surface area contributed by atoms with E-state index in [1.165, 1.54) is 0 Å². The maximum atomic E-state index is 5.69. The van der Waals surface area contributed by atoms with Crippen LogP contribution in [0.2, 0.25) is 0 Å². The Bertz CT molecular complexity index is 4710. The molecule has 0 saturated heterocycles. The van der Waals surface area contributed by atoms with Crippen LogP contribution in [0.15, 0.2) is 309 Å². The number of fused-ring (bicyclic) bond motifs is 3. The molecule has 470 valence electrons. The number of anilines is 11. The predicted octanol–water partition coefficient (Wildman–Crippen LogP) is 22.2. The van der Waals surface area contributed by atoms with Crippen molar-refractivity contribution in [3.05, 3.63) is 309 Å². The van der Waals surface area contributed by atoms with Crippen molar-refractivity contribution in [1.82, 2.24) is 4.57 Å². The summed E-state index contributed by atoms with van der Waals surface area (Å²) in [6.45, 7) is 4.11. The normalized spacial score (nSPS) is 11.5. The third kappa shape index (κ3) is 13.0. The van der Waals surface area contributed by atoms with Crippen LogP contribution < -0.4 is 43.3 Å². The molecule has 13 aromatic rings. The first-order valence-electron chi connectivity index (χ1n) is 31.5. The molecule has 1 aromatic heterocycles. The maximum absolute atomic E-state index is 5.69. The van der Waals surface area contributed by atoms with Crippen molar-refractivity contribution in [1.29, 1.82) is 0 Å². The van der Waals surface area contributed by atoms with E-state index in [0.717, 1.165) is 153 Å². The summed E-state index contributed by atoms with van der Waals surface area (Å²) in [5.41, 5.74) is 19.7. The van der Waals surface area contributed by atoms with E-state index < -0.39 is 0 Å². The highest BCUT2D eigenvalue weighted by Crippen LogP contribution is 2.45. The van der Waals surface area contributed by atoms with Crippen LogP contribution in [0.1, 0.15) is 13.8 Å². The summed E-state index contributed by atoms with van der Waals surface area (Å²) < 4.78 is 35.8. The second-order valence-electron chi connectivity index (χ2n) is 22.9. The molecule has 0 aliphatic carbocycles. The molecule has 0 amide bonds. The zero-order valence-electron chi connectivity index (χ0n) is 54.5. The fourth-order valence-corrected chi connectivity index (χ4v) is 12.3. The summed E-state index contributed by atoms with van der Waals surface area (Å²) in [6.07, 6.45) is 4.14. The summed E-state index contributed by atoms with van der Waals surface area (Å²) in [4.78, 5) is 9.10. The van der Waals surface area contributed by atoms with E-state index in [-0.39, 0.29) is 0 Å². The van der Waals surface area contributed by atoms with E-state index in [2.05, 4.69) is 262 Å². The summed E-state index contributed by atoms with van der Waals surface area (Å²) in [5, 5.41) is 2.20. The molecular weight excluding hydrogens is 1170 g/mol. The van der Waals surface area contributed by atoms with E-state index in [0.29, 0.717) is 0 Å². The van der Waals surface area contributed by atoms with Gasteiger partial charge in [-0.1, -0.05) is 66.7 Å². The smallest absolute Gasteiger partial charge is 0.119 e. The van der Waals surface area contributed by atoms with Gasteiger partial charge in [-0.2, -0.15) is 0 Å². The quantitative estimate of drug-likeness (QED) is 0.0484. The van der Waals surface area contributed by atoms with Crippen LogP contribution in [0.3, 0.4) is 0 Å². The number of aromatic nitrogens is 1. The van der Waals surface area contributed by atoms with Crippen molar-refractivity contribution in [2.24, 2.45) is 0 Å². The zero-order chi connectivity index (χ0) is 65.4. The fraction of sp³-hybridized carbons (Fsp3) is 0.0952. The summed E-state index contributed by atoms with van der Waals surface area (Å²) >= 11 is 0. The molecule has 0 unspecified atom stereocenters. The summed E-state index contributed by atoms with van der Waals surface area (Å²) in [7, 11) is 10.1. The molecule has 0 fully saturated rings. The zero-order valence-corrected chi connectivity index (χ0v) is 54.5. The maximum Gasteiger partial charge on any atom is 0.119 e. The molecule has 0 radical (unpaired) electrons. The molecule has 11 nitrogen and oxygen atoms in total. The number of nitrogens with zero attached hydrogens (tertiary/aromatic N) is 5. The lowest BCUT2D eigenvalue weighted by molar-refractivity contribution is 0.293. The molecule has 1 heterocycles. The highest BCUT2D eigenvalue weighted by Gasteiger charge is 2.22. The van der Waals surface area contributed by atoms with Gasteiger partial charge >= 0.3 is 0 Å². The Hall–Kier alpha value is -12.1. The van der Waals surface area contributed by atoms with Crippen molar-refractivity contribution < 1.29 is 28.4 Å². The van der Waals surface area contributed by atoms with Crippen molar-refractivity contribution in [2.45, 2.75) is 13.8 Å². The van der Waals surface area contributed by atoms with Gasteiger partial charge in [-0.3, -0.25) is 0 Å². The summed E-state index contributed by atoms with van der Waals surface area (Å²) in [5.74, 6) is 4.78. The molecule has 11 heteroatoms. The fourth-order valence-electron chi connectivity index (χ4n) is 12.3. The lowest BCUT2D eigenvalue weighted by Crippen LogP contribution is -2.14. The van der Waals surface area contributed by atoms with Gasteiger partial charge in [-0.15, -0.1) is 0 Å². The highest BCUT2D eigenvalue weighted by molar-refractivity contribution is 6.12. The Morgan fingerprint density at radius 3 is 0.874 bits per heavy atom. The molecule has 0 saturated carbocycles. The van der Waals surface area contributed by atoms with Crippen LogP contribution in [0, 0.1) is 0 Å². The number of methoxy groups -OCH3 is 6. The van der Waals surface area contributed by atoms with Gasteiger partial charge in [0.1, 0.15) is 28.7 Å². The number of ether oxygens (including phenoxy) is 6. The third-order valence-corrected chi connectivity index (χ3v) is 17.3. The number of hydrogen-bond donors (Lipinski definition) is 0. The topological polar surface area (TPSA) is 73.3 Å². The van der Waals surface area contributed by atoms with Gasteiger partial charge in [-0.05, 0) is 267 Å². The average molecular weight is 1250 g/mol. The summed E-state index contributed by atoms with van der Waals surface area (Å²) in [6, 6.07) is 100. The Kier molecular flexibility index (Phi) is 18.1. The van der Waals surface area contributed by atoms with Gasteiger partial charge in [0.25, 0.3) is 0 Å². The van der Waals surface area contributed by atoms with Crippen LogP contribution in [-0.4, -0.2) is 47.2 Å². The first-order valence-corrected chi connectivity index (χ1v) is 31.5. The van der Waals surface area contributed by atoms with Crippen LogP contribution in [-0.2, 0) is 4.74 Å². The van der Waals surface area contributed by atoms with Gasteiger partial charge in [0.15, 0.2) is 0 Å². The second-order valence-corrected chi connectivity index (χ2v) is 22.9. The van der Waals surface area contributed by atoms with E-state index in [1.807, 2.05) is 73.7 Å². The molecule has 12 aromatic carbocycles. The number of para-hydroxylation sites is 1. The third-order valence-electron chi connectivity index (χ3n) is 17.3. The minimum Gasteiger partial charge on any atom is -0.501 e. The van der Waals surface area contributed by atoms with Crippen molar-refractivity contribution in [3.8, 4) is 56.7 Å². The molecule has 0 N–H and O–H groups in total. The Labute approximate surface area is 556 Å². The predicted molar refractivity (Wildman–Crippen MR) is 392 cm³/mol. The van der Waals surface area contributed by atoms with Crippen LogP contribution in [0.4, 0.5) is 62.6 Å². The highest BCUT2D eigenvalue weighted by atomic mass is 16.5. The average Bonchev–Trinajstić information content (AvgIpc) is 1.60. The van der Waals surface area contributed by atoms with E-state index in [1.54, 1.807) is 42.7 Å². The number of rotatable bonds is 22. The first kappa shape index (κ1) is 61.8. The molecule has 0 atom stereocenters. The standard InChI is InChI=1S/C84H73N5O6/c1-58(14-15-59(2)90-3)85(65-24-16-60(17-25-65)61-18-26-66(27-19-61)86(69-32-44-76(91-4)45-33-69)70-34-46-77(92-5)47-35-70)74-42-54-83-81(56-74)82-57-75(43-55-84(82)89(83)64-12-10-9-11-13-64)88(73-40-52-80(95-8)53-41-73)68-30-22-63(23-31-68)62-20-28-67(29-21-62)87(71-36-48-78(93-6)49-37-71)72-38-50-79(94-7)51-39-72/h9-57H,1-8H3/b58-14+,59-15+. The number of allylic oxidation sites excluding steroid dienone is 4. The van der Waals surface area contributed by atoms with Crippen molar-refractivity contribution in [3.63, 3.8) is 0 Å². The molecule has 95 heavy (non-hydrogen) atoms. The molecule has 0 bridgehead atoms. The molecular formula is C84H73N5O6. The molecule has 0 aliphatic heterocycles. The van der Waals surface area contributed by atoms with Crippen LogP contribution in [0.5, 0.6) is 28.7 Å². The lowest BCUT2D eigenvalue weighted by atomic mass is 10.0. The van der Waals surface area contributed by atoms with Crippen molar-refractivity contribution in [2.75, 3.05) is 62.3 Å². The van der Waals surface area contributed by atoms with Crippen molar-refractivity contribution >= 4 is 84.4 Å². The molecule has 0 spiro atoms. The largest absolute Gasteiger partial charge is 0.501 e. The Morgan fingerprint density at radius 2 is 0.558 bits per heavy atom. The first-order chi connectivity index (χ1) is 46.6. The Balaban J connectivity index is 0.864. The monoisotopic (exact) mass is 1250 g/mol. The van der Waals surface area contributed by atoms with E-state index in [9.17, 15) is 0 Å². The second kappa shape index (κ2) is 27.8. The molecule has 0 aliphatic rings. The van der Waals surface area contributed by atoms with E-state index in [4.69, 9.17) is 28.4 Å². The lowest BCUT2D eigenvalue weighted by Gasteiger charge is -2.27. The van der Waals surface area contributed by atoms with Crippen LogP contribution in [0.25, 0.3) is 49.7 Å². The number of benzene rings is 12. The van der Waals surface area contributed by atoms with Gasteiger partial charge in [0.2, 0.25) is 0 Å². The number of hydrogen-bond acceptors (Lipinski definition) is 10. The SMILES string of the molecule is CO/C(C)=C/C=C(\C)N(c1ccc(-c2ccc(N(c3ccc(OC)cc3)c3ccc(OC)cc3)cc2)cc1)c1ccc2c(c1)c1cc(N(c3ccc(OC)cc3)c3ccc(-c4ccc(N(c5ccc(OC)cc5)c5ccc(OC)cc5)cc4)cc3)ccc1n2-c1ccccc1. The van der Waals surface area contributed by atoms with E-state index >= 15 is 0 Å². The van der Waals surface area contributed by atoms with Gasteiger partial charge in [0, 0.05) is 84.7 Å². The van der Waals surface area contributed by atoms with Gasteiger partial charge < -0.3 is 52.6 Å². The van der Waals surface area contributed by atoms with Crippen LogP contribution >= 0.6 is 0 Å². The van der Waals surface area contributed by atoms with Gasteiger partial charge in [0.05, 0.1) is 59.5 Å².